The molecule has 3 aromatic heterocycles. The lowest BCUT2D eigenvalue weighted by Gasteiger charge is -2.15. The summed E-state index contributed by atoms with van der Waals surface area (Å²) in [7, 11) is 0. The van der Waals surface area contributed by atoms with Crippen LogP contribution in [0.15, 0.2) is 97.5 Å². The number of rotatable bonds is 12. The quantitative estimate of drug-likeness (QED) is 0.106. The van der Waals surface area contributed by atoms with E-state index in [0.29, 0.717) is 47.7 Å². The summed E-state index contributed by atoms with van der Waals surface area (Å²) in [6.45, 7) is 7.01. The van der Waals surface area contributed by atoms with Gasteiger partial charge in [0.05, 0.1) is 35.2 Å². The summed E-state index contributed by atoms with van der Waals surface area (Å²) in [5, 5.41) is 15.8. The molecule has 0 aliphatic rings. The number of anilines is 4. The first-order chi connectivity index (χ1) is 23.4. The van der Waals surface area contributed by atoms with Crippen molar-refractivity contribution in [3.8, 4) is 11.4 Å². The number of nitrogens with two attached hydrogens (primary N) is 1. The Morgan fingerprint density at radius 1 is 0.917 bits per heavy atom. The molecule has 1 atom stereocenters. The molecule has 2 amide bonds. The number of pyridine rings is 1. The topological polar surface area (TPSA) is 145 Å². The van der Waals surface area contributed by atoms with Gasteiger partial charge in [0.2, 0.25) is 0 Å². The number of nitrogens with zero attached hydrogens (tertiary/aromatic N) is 5. The molecule has 0 spiro atoms. The standard InChI is InChI=1S/C37H39N9O2/c1-4-7-25(3)32-19-36(46(45-32)28-12-10-24(2)11-13-28)44-37(47)42-31-14-15-33(30-9-6-5-8-29(30)31)48-23-26-16-17-39-34(18-26)43-35-22-40-27(20-38)21-41-35/h5-6,8-19,21-22,25H,4,7,20,23,38H2,1-3H3,(H,39,41,43)(H2,42,44,47). The van der Waals surface area contributed by atoms with E-state index in [1.807, 2.05) is 85.8 Å². The summed E-state index contributed by atoms with van der Waals surface area (Å²) in [6.07, 6.45) is 7.03. The van der Waals surface area contributed by atoms with Gasteiger partial charge in [0.15, 0.2) is 0 Å². The number of carbonyl (C=O) groups excluding carboxylic acids is 1. The number of aryl methyl sites for hydroxylation is 1. The molecule has 0 saturated heterocycles. The van der Waals surface area contributed by atoms with E-state index in [-0.39, 0.29) is 11.9 Å². The first kappa shape index (κ1) is 32.1. The monoisotopic (exact) mass is 641 g/mol. The van der Waals surface area contributed by atoms with Gasteiger partial charge in [-0.05, 0) is 55.3 Å². The van der Waals surface area contributed by atoms with Crippen LogP contribution in [-0.4, -0.2) is 30.8 Å². The van der Waals surface area contributed by atoms with Crippen LogP contribution in [-0.2, 0) is 13.2 Å². The smallest absolute Gasteiger partial charge is 0.324 e. The lowest BCUT2D eigenvalue weighted by atomic mass is 10.0. The fraction of sp³-hybridized carbons (Fsp3) is 0.216. The molecule has 0 fully saturated rings. The van der Waals surface area contributed by atoms with Gasteiger partial charge in [-0.15, -0.1) is 0 Å². The summed E-state index contributed by atoms with van der Waals surface area (Å²) in [6, 6.07) is 25.0. The molecule has 0 bridgehead atoms. The number of hydrogen-bond donors (Lipinski definition) is 4. The van der Waals surface area contributed by atoms with Crippen molar-refractivity contribution in [2.75, 3.05) is 16.0 Å². The zero-order valence-electron chi connectivity index (χ0n) is 27.3. The highest BCUT2D eigenvalue weighted by Crippen LogP contribution is 2.33. The Morgan fingerprint density at radius 2 is 1.73 bits per heavy atom. The minimum Gasteiger partial charge on any atom is -0.488 e. The molecule has 3 heterocycles. The van der Waals surface area contributed by atoms with Gasteiger partial charge < -0.3 is 21.1 Å². The molecule has 11 heteroatoms. The van der Waals surface area contributed by atoms with Crippen LogP contribution in [0.4, 0.5) is 27.9 Å². The largest absolute Gasteiger partial charge is 0.488 e. The minimum atomic E-state index is -0.365. The van der Waals surface area contributed by atoms with Gasteiger partial charge in [-0.2, -0.15) is 5.10 Å². The second kappa shape index (κ2) is 14.7. The number of urea groups is 1. The lowest BCUT2D eigenvalue weighted by Crippen LogP contribution is -2.21. The fourth-order valence-corrected chi connectivity index (χ4v) is 5.42. The average Bonchev–Trinajstić information content (AvgIpc) is 3.52. The molecular weight excluding hydrogens is 602 g/mol. The molecule has 48 heavy (non-hydrogen) atoms. The number of hydrogen-bond acceptors (Lipinski definition) is 8. The van der Waals surface area contributed by atoms with Gasteiger partial charge in [0, 0.05) is 35.5 Å². The summed E-state index contributed by atoms with van der Waals surface area (Å²) < 4.78 is 8.07. The number of ether oxygens (including phenoxy) is 1. The van der Waals surface area contributed by atoms with Gasteiger partial charge >= 0.3 is 6.03 Å². The number of aromatic nitrogens is 5. The SMILES string of the molecule is CCCC(C)c1cc(NC(=O)Nc2ccc(OCc3ccnc(Nc4cnc(CN)cn4)c3)c3ccccc23)n(-c2ccc(C)cc2)n1. The highest BCUT2D eigenvalue weighted by molar-refractivity contribution is 6.07. The molecule has 0 aliphatic heterocycles. The van der Waals surface area contributed by atoms with Crippen molar-refractivity contribution in [3.63, 3.8) is 0 Å². The van der Waals surface area contributed by atoms with E-state index in [2.05, 4.69) is 44.7 Å². The third kappa shape index (κ3) is 7.59. The third-order valence-corrected chi connectivity index (χ3v) is 8.00. The summed E-state index contributed by atoms with van der Waals surface area (Å²) >= 11 is 0. The lowest BCUT2D eigenvalue weighted by molar-refractivity contribution is 0.262. The zero-order valence-corrected chi connectivity index (χ0v) is 27.3. The predicted octanol–water partition coefficient (Wildman–Crippen LogP) is 7.85. The second-order valence-corrected chi connectivity index (χ2v) is 11.7. The summed E-state index contributed by atoms with van der Waals surface area (Å²) in [4.78, 5) is 26.4. The van der Waals surface area contributed by atoms with Gasteiger partial charge in [0.25, 0.3) is 0 Å². The Kier molecular flexibility index (Phi) is 9.87. The maximum Gasteiger partial charge on any atom is 0.324 e. The van der Waals surface area contributed by atoms with Crippen LogP contribution in [0.25, 0.3) is 16.5 Å². The molecule has 0 aliphatic carbocycles. The van der Waals surface area contributed by atoms with E-state index >= 15 is 0 Å². The van der Waals surface area contributed by atoms with Crippen molar-refractivity contribution < 1.29 is 9.53 Å². The number of fused-ring (bicyclic) bond motifs is 1. The average molecular weight is 642 g/mol. The van der Waals surface area contributed by atoms with Gasteiger partial charge in [0.1, 0.15) is 29.8 Å². The molecule has 11 nitrogen and oxygen atoms in total. The molecule has 6 aromatic rings. The summed E-state index contributed by atoms with van der Waals surface area (Å²) in [5.41, 5.74) is 10.9. The van der Waals surface area contributed by atoms with E-state index in [1.165, 1.54) is 0 Å². The first-order valence-corrected chi connectivity index (χ1v) is 16.0. The van der Waals surface area contributed by atoms with Crippen molar-refractivity contribution in [1.82, 2.24) is 24.7 Å². The maximum atomic E-state index is 13.4. The zero-order chi connectivity index (χ0) is 33.5. The van der Waals surface area contributed by atoms with Gasteiger partial charge in [-0.1, -0.05) is 62.2 Å². The van der Waals surface area contributed by atoms with Crippen LogP contribution in [0.5, 0.6) is 5.75 Å². The van der Waals surface area contributed by atoms with E-state index in [9.17, 15) is 4.79 Å². The van der Waals surface area contributed by atoms with Crippen LogP contribution in [0.2, 0.25) is 0 Å². The third-order valence-electron chi connectivity index (χ3n) is 8.00. The van der Waals surface area contributed by atoms with E-state index in [1.54, 1.807) is 23.3 Å². The van der Waals surface area contributed by atoms with Crippen molar-refractivity contribution in [2.24, 2.45) is 5.73 Å². The Labute approximate surface area is 279 Å². The summed E-state index contributed by atoms with van der Waals surface area (Å²) in [5.74, 6) is 2.75. The Bertz CT molecular complexity index is 2010. The number of benzene rings is 3. The number of carbonyl (C=O) groups is 1. The molecule has 3 aromatic carbocycles. The van der Waals surface area contributed by atoms with E-state index < -0.39 is 0 Å². The Hall–Kier alpha value is -5.81. The van der Waals surface area contributed by atoms with Crippen molar-refractivity contribution in [3.05, 3.63) is 120 Å². The first-order valence-electron chi connectivity index (χ1n) is 16.0. The predicted molar refractivity (Wildman–Crippen MR) is 190 cm³/mol. The van der Waals surface area contributed by atoms with Gasteiger partial charge in [-0.25, -0.2) is 19.4 Å². The van der Waals surface area contributed by atoms with Crippen LogP contribution in [0.3, 0.4) is 0 Å². The molecule has 0 saturated carbocycles. The van der Waals surface area contributed by atoms with Crippen molar-refractivity contribution in [1.29, 1.82) is 0 Å². The van der Waals surface area contributed by atoms with Crippen molar-refractivity contribution >= 4 is 39.9 Å². The van der Waals surface area contributed by atoms with Crippen LogP contribution in [0.1, 0.15) is 55.1 Å². The Morgan fingerprint density at radius 3 is 2.48 bits per heavy atom. The molecule has 1 unspecified atom stereocenters. The molecule has 0 radical (unpaired) electrons. The maximum absolute atomic E-state index is 13.4. The highest BCUT2D eigenvalue weighted by atomic mass is 16.5. The van der Waals surface area contributed by atoms with Crippen LogP contribution in [0, 0.1) is 6.92 Å². The molecule has 5 N–H and O–H groups in total. The van der Waals surface area contributed by atoms with E-state index in [0.717, 1.165) is 46.1 Å². The number of nitrogens with one attached hydrogen (secondary N) is 3. The van der Waals surface area contributed by atoms with Crippen LogP contribution < -0.4 is 26.4 Å². The van der Waals surface area contributed by atoms with Crippen LogP contribution >= 0.6 is 0 Å². The van der Waals surface area contributed by atoms with Gasteiger partial charge in [-0.3, -0.25) is 10.3 Å². The normalized spacial score (nSPS) is 11.7. The molecular formula is C37H39N9O2. The highest BCUT2D eigenvalue weighted by Gasteiger charge is 2.17. The fourth-order valence-electron chi connectivity index (χ4n) is 5.42. The van der Waals surface area contributed by atoms with E-state index in [4.69, 9.17) is 15.6 Å². The van der Waals surface area contributed by atoms with Crippen molar-refractivity contribution in [2.45, 2.75) is 52.7 Å². The Balaban J connectivity index is 1.17. The minimum absolute atomic E-state index is 0.264. The number of amides is 2. The second-order valence-electron chi connectivity index (χ2n) is 11.7. The molecule has 244 valence electrons. The molecule has 6 rings (SSSR count).